The SMILES string of the molecule is O=C(CCNCc1c[nH]c2ncccc12)N1CCOCC1. The first-order valence-corrected chi connectivity index (χ1v) is 7.32. The number of ether oxygens (including phenoxy) is 1. The molecule has 2 aromatic heterocycles. The Kier molecular flexibility index (Phi) is 4.47. The highest BCUT2D eigenvalue weighted by molar-refractivity contribution is 5.79. The quantitative estimate of drug-likeness (QED) is 0.802. The molecule has 1 fully saturated rings. The second-order valence-corrected chi connectivity index (χ2v) is 5.13. The highest BCUT2D eigenvalue weighted by atomic mass is 16.5. The van der Waals surface area contributed by atoms with Crippen LogP contribution < -0.4 is 5.32 Å². The first kappa shape index (κ1) is 14.0. The first-order valence-electron chi connectivity index (χ1n) is 7.32. The lowest BCUT2D eigenvalue weighted by atomic mass is 10.2. The molecular weight excluding hydrogens is 268 g/mol. The van der Waals surface area contributed by atoms with Crippen molar-refractivity contribution >= 4 is 16.9 Å². The average molecular weight is 288 g/mol. The van der Waals surface area contributed by atoms with Crippen molar-refractivity contribution in [3.8, 4) is 0 Å². The minimum atomic E-state index is 0.200. The van der Waals surface area contributed by atoms with Crippen LogP contribution in [0.25, 0.3) is 11.0 Å². The number of rotatable bonds is 5. The number of nitrogens with zero attached hydrogens (tertiary/aromatic N) is 2. The van der Waals surface area contributed by atoms with Crippen molar-refractivity contribution in [2.75, 3.05) is 32.8 Å². The van der Waals surface area contributed by atoms with E-state index in [-0.39, 0.29) is 5.91 Å². The van der Waals surface area contributed by atoms with Crippen LogP contribution in [-0.2, 0) is 16.1 Å². The van der Waals surface area contributed by atoms with Crippen molar-refractivity contribution in [3.63, 3.8) is 0 Å². The molecule has 0 saturated carbocycles. The Bertz CT molecular complexity index is 604. The number of pyridine rings is 1. The zero-order valence-electron chi connectivity index (χ0n) is 12.0. The fraction of sp³-hybridized carbons (Fsp3) is 0.467. The number of carbonyl (C=O) groups excluding carboxylic acids is 1. The highest BCUT2D eigenvalue weighted by Crippen LogP contribution is 2.14. The number of hydrogen-bond donors (Lipinski definition) is 2. The summed E-state index contributed by atoms with van der Waals surface area (Å²) in [5.41, 5.74) is 2.08. The van der Waals surface area contributed by atoms with E-state index < -0.39 is 0 Å². The van der Waals surface area contributed by atoms with Crippen LogP contribution in [0.3, 0.4) is 0 Å². The van der Waals surface area contributed by atoms with Crippen LogP contribution in [0.5, 0.6) is 0 Å². The van der Waals surface area contributed by atoms with Crippen LogP contribution in [0.1, 0.15) is 12.0 Å². The van der Waals surface area contributed by atoms with Gasteiger partial charge in [0.25, 0.3) is 0 Å². The van der Waals surface area contributed by atoms with E-state index in [2.05, 4.69) is 21.4 Å². The van der Waals surface area contributed by atoms with E-state index >= 15 is 0 Å². The van der Waals surface area contributed by atoms with Crippen LogP contribution in [0.4, 0.5) is 0 Å². The third kappa shape index (κ3) is 3.40. The Balaban J connectivity index is 1.44. The van der Waals surface area contributed by atoms with Gasteiger partial charge in [0.1, 0.15) is 5.65 Å². The van der Waals surface area contributed by atoms with Gasteiger partial charge in [-0.3, -0.25) is 4.79 Å². The maximum atomic E-state index is 12.0. The van der Waals surface area contributed by atoms with Crippen molar-refractivity contribution in [2.24, 2.45) is 0 Å². The van der Waals surface area contributed by atoms with Gasteiger partial charge in [0, 0.05) is 50.4 Å². The average Bonchev–Trinajstić information content (AvgIpc) is 2.95. The largest absolute Gasteiger partial charge is 0.378 e. The summed E-state index contributed by atoms with van der Waals surface area (Å²) in [6.07, 6.45) is 4.27. The molecule has 0 aliphatic carbocycles. The molecule has 0 radical (unpaired) electrons. The molecule has 2 aromatic rings. The molecule has 6 heteroatoms. The number of aromatic amines is 1. The van der Waals surface area contributed by atoms with E-state index in [1.807, 2.05) is 17.2 Å². The molecule has 21 heavy (non-hydrogen) atoms. The Morgan fingerprint density at radius 3 is 3.14 bits per heavy atom. The van der Waals surface area contributed by atoms with Gasteiger partial charge in [0.05, 0.1) is 13.2 Å². The highest BCUT2D eigenvalue weighted by Gasteiger charge is 2.15. The molecule has 1 aliphatic heterocycles. The third-order valence-corrected chi connectivity index (χ3v) is 3.73. The summed E-state index contributed by atoms with van der Waals surface area (Å²) in [5.74, 6) is 0.200. The molecule has 0 aromatic carbocycles. The first-order chi connectivity index (χ1) is 10.3. The van der Waals surface area contributed by atoms with Crippen LogP contribution in [0.2, 0.25) is 0 Å². The number of fused-ring (bicyclic) bond motifs is 1. The Morgan fingerprint density at radius 1 is 1.43 bits per heavy atom. The predicted octanol–water partition coefficient (Wildman–Crippen LogP) is 0.901. The van der Waals surface area contributed by atoms with Gasteiger partial charge in [-0.1, -0.05) is 0 Å². The Hall–Kier alpha value is -1.92. The van der Waals surface area contributed by atoms with Crippen molar-refractivity contribution in [2.45, 2.75) is 13.0 Å². The topological polar surface area (TPSA) is 70.2 Å². The maximum Gasteiger partial charge on any atom is 0.224 e. The number of carbonyl (C=O) groups is 1. The lowest BCUT2D eigenvalue weighted by Crippen LogP contribution is -2.41. The molecule has 3 rings (SSSR count). The van der Waals surface area contributed by atoms with Crippen molar-refractivity contribution in [1.29, 1.82) is 0 Å². The van der Waals surface area contributed by atoms with Gasteiger partial charge in [-0.2, -0.15) is 0 Å². The summed E-state index contributed by atoms with van der Waals surface area (Å²) in [7, 11) is 0. The van der Waals surface area contributed by atoms with Crippen LogP contribution >= 0.6 is 0 Å². The normalized spacial score (nSPS) is 15.5. The molecule has 3 heterocycles. The third-order valence-electron chi connectivity index (χ3n) is 3.73. The van der Waals surface area contributed by atoms with Crippen molar-refractivity contribution < 1.29 is 9.53 Å². The zero-order chi connectivity index (χ0) is 14.5. The molecule has 1 saturated heterocycles. The van der Waals surface area contributed by atoms with E-state index in [0.717, 1.165) is 17.6 Å². The number of hydrogen-bond acceptors (Lipinski definition) is 4. The van der Waals surface area contributed by atoms with Gasteiger partial charge in [0.2, 0.25) is 5.91 Å². The molecule has 0 unspecified atom stereocenters. The molecule has 0 spiro atoms. The molecular formula is C15H20N4O2. The van der Waals surface area contributed by atoms with E-state index in [0.29, 0.717) is 39.3 Å². The van der Waals surface area contributed by atoms with Crippen LogP contribution in [0, 0.1) is 0 Å². The summed E-state index contributed by atoms with van der Waals surface area (Å²) in [4.78, 5) is 21.3. The van der Waals surface area contributed by atoms with Crippen molar-refractivity contribution in [1.82, 2.24) is 20.2 Å². The van der Waals surface area contributed by atoms with Crippen LogP contribution in [-0.4, -0.2) is 53.6 Å². The fourth-order valence-electron chi connectivity index (χ4n) is 2.55. The number of aromatic nitrogens is 2. The second kappa shape index (κ2) is 6.69. The number of nitrogens with one attached hydrogen (secondary N) is 2. The minimum Gasteiger partial charge on any atom is -0.378 e. The van der Waals surface area contributed by atoms with E-state index in [4.69, 9.17) is 4.74 Å². The molecule has 0 atom stereocenters. The molecule has 6 nitrogen and oxygen atoms in total. The maximum absolute atomic E-state index is 12.0. The van der Waals surface area contributed by atoms with E-state index in [9.17, 15) is 4.79 Å². The number of H-pyrrole nitrogens is 1. The van der Waals surface area contributed by atoms with Gasteiger partial charge >= 0.3 is 0 Å². The Morgan fingerprint density at radius 2 is 2.29 bits per heavy atom. The number of amides is 1. The summed E-state index contributed by atoms with van der Waals surface area (Å²) in [6, 6.07) is 3.98. The fourth-order valence-corrected chi connectivity index (χ4v) is 2.55. The molecule has 1 amide bonds. The molecule has 0 bridgehead atoms. The molecule has 2 N–H and O–H groups in total. The lowest BCUT2D eigenvalue weighted by Gasteiger charge is -2.26. The van der Waals surface area contributed by atoms with Gasteiger partial charge in [-0.15, -0.1) is 0 Å². The molecule has 1 aliphatic rings. The van der Waals surface area contributed by atoms with Crippen LogP contribution in [0.15, 0.2) is 24.5 Å². The molecule has 112 valence electrons. The summed E-state index contributed by atoms with van der Waals surface area (Å²) in [5, 5.41) is 4.45. The summed E-state index contributed by atoms with van der Waals surface area (Å²) < 4.78 is 5.25. The predicted molar refractivity (Wildman–Crippen MR) is 79.8 cm³/mol. The smallest absolute Gasteiger partial charge is 0.224 e. The summed E-state index contributed by atoms with van der Waals surface area (Å²) >= 11 is 0. The minimum absolute atomic E-state index is 0.200. The van der Waals surface area contributed by atoms with Gasteiger partial charge in [0.15, 0.2) is 0 Å². The van der Waals surface area contributed by atoms with Gasteiger partial charge < -0.3 is 19.9 Å². The Labute approximate surface area is 123 Å². The van der Waals surface area contributed by atoms with Gasteiger partial charge in [-0.05, 0) is 17.7 Å². The summed E-state index contributed by atoms with van der Waals surface area (Å²) in [6.45, 7) is 4.16. The lowest BCUT2D eigenvalue weighted by molar-refractivity contribution is -0.135. The standard InChI is InChI=1S/C15H20N4O2/c20-14(19-6-8-21-9-7-19)3-5-16-10-12-11-18-15-13(12)2-1-4-17-15/h1-2,4,11,16H,3,5-10H2,(H,17,18). The number of morpholine rings is 1. The van der Waals surface area contributed by atoms with Gasteiger partial charge in [-0.25, -0.2) is 4.98 Å². The monoisotopic (exact) mass is 288 g/mol. The zero-order valence-corrected chi connectivity index (χ0v) is 12.0. The van der Waals surface area contributed by atoms with E-state index in [1.165, 1.54) is 5.56 Å². The van der Waals surface area contributed by atoms with Crippen molar-refractivity contribution in [3.05, 3.63) is 30.1 Å². The second-order valence-electron chi connectivity index (χ2n) is 5.13. The van der Waals surface area contributed by atoms with E-state index in [1.54, 1.807) is 6.20 Å².